The highest BCUT2D eigenvalue weighted by atomic mass is 16.7. The second-order valence-electron chi connectivity index (χ2n) is 7.06. The summed E-state index contributed by atoms with van der Waals surface area (Å²) in [5.41, 5.74) is 4.11. The van der Waals surface area contributed by atoms with Gasteiger partial charge in [0.2, 0.25) is 13.6 Å². The summed E-state index contributed by atoms with van der Waals surface area (Å²) in [5.74, 6) is 9.21. The Morgan fingerprint density at radius 2 is 1.37 bits per heavy atom. The number of ether oxygens (including phenoxy) is 4. The largest absolute Gasteiger partial charge is 0.454 e. The Hall–Kier alpha value is -3.14. The molecule has 2 aliphatic heterocycles. The van der Waals surface area contributed by atoms with Gasteiger partial charge >= 0.3 is 0 Å². The number of fused-ring (bicyclic) bond motifs is 2. The standard InChI is InChI=1S/C24H24O6/c25-9-2-1-3-19(11-17-4-6-21-23(13-17)29-15-27-21)20(8-10-26)12-18-5-7-22-24(14-18)30-16-28-22/h4-7,13-14,25-26H,2,8-12,15-16H2/b20-19+. The van der Waals surface area contributed by atoms with E-state index in [-0.39, 0.29) is 26.8 Å². The maximum absolute atomic E-state index is 9.68. The fourth-order valence-electron chi connectivity index (χ4n) is 3.52. The van der Waals surface area contributed by atoms with E-state index >= 15 is 0 Å². The summed E-state index contributed by atoms with van der Waals surface area (Å²) in [6.07, 6.45) is 2.17. The fourth-order valence-corrected chi connectivity index (χ4v) is 3.52. The van der Waals surface area contributed by atoms with Crippen LogP contribution in [-0.2, 0) is 12.8 Å². The third-order valence-electron chi connectivity index (χ3n) is 4.99. The van der Waals surface area contributed by atoms with Crippen molar-refractivity contribution in [1.82, 2.24) is 0 Å². The van der Waals surface area contributed by atoms with E-state index in [0.717, 1.165) is 45.3 Å². The molecule has 0 saturated carbocycles. The summed E-state index contributed by atoms with van der Waals surface area (Å²) in [5, 5.41) is 18.8. The average Bonchev–Trinajstić information content (AvgIpc) is 3.41. The van der Waals surface area contributed by atoms with Gasteiger partial charge in [-0.1, -0.05) is 29.5 Å². The zero-order valence-electron chi connectivity index (χ0n) is 16.6. The van der Waals surface area contributed by atoms with E-state index in [1.807, 2.05) is 36.4 Å². The summed E-state index contributed by atoms with van der Waals surface area (Å²) in [6.45, 7) is 0.520. The lowest BCUT2D eigenvalue weighted by Crippen LogP contribution is -2.02. The molecule has 0 fully saturated rings. The Kier molecular flexibility index (Phi) is 6.43. The Balaban J connectivity index is 1.64. The van der Waals surface area contributed by atoms with Crippen LogP contribution in [0.25, 0.3) is 0 Å². The topological polar surface area (TPSA) is 77.4 Å². The van der Waals surface area contributed by atoms with Gasteiger partial charge in [0, 0.05) is 25.0 Å². The molecule has 2 N–H and O–H groups in total. The summed E-state index contributed by atoms with van der Waals surface area (Å²) in [6, 6.07) is 11.7. The van der Waals surface area contributed by atoms with E-state index in [2.05, 4.69) is 11.8 Å². The molecule has 6 heteroatoms. The third-order valence-corrected chi connectivity index (χ3v) is 4.99. The molecule has 0 bridgehead atoms. The van der Waals surface area contributed by atoms with Crippen molar-refractivity contribution in [2.24, 2.45) is 0 Å². The van der Waals surface area contributed by atoms with Gasteiger partial charge in [-0.3, -0.25) is 0 Å². The van der Waals surface area contributed by atoms with Gasteiger partial charge in [-0.2, -0.15) is 0 Å². The highest BCUT2D eigenvalue weighted by molar-refractivity contribution is 5.49. The number of aliphatic hydroxyl groups is 2. The minimum atomic E-state index is 0.0157. The Morgan fingerprint density at radius 3 is 1.97 bits per heavy atom. The van der Waals surface area contributed by atoms with E-state index in [1.54, 1.807) is 0 Å². The molecule has 2 aromatic rings. The van der Waals surface area contributed by atoms with E-state index < -0.39 is 0 Å². The van der Waals surface area contributed by atoms with Gasteiger partial charge in [0.25, 0.3) is 0 Å². The second kappa shape index (κ2) is 9.57. The quantitative estimate of drug-likeness (QED) is 0.686. The summed E-state index contributed by atoms with van der Waals surface area (Å²) in [7, 11) is 0. The molecule has 2 aromatic carbocycles. The van der Waals surface area contributed by atoms with Gasteiger partial charge in [-0.15, -0.1) is 0 Å². The lowest BCUT2D eigenvalue weighted by atomic mass is 9.93. The minimum Gasteiger partial charge on any atom is -0.454 e. The van der Waals surface area contributed by atoms with Crippen molar-refractivity contribution in [3.63, 3.8) is 0 Å². The van der Waals surface area contributed by atoms with Crippen LogP contribution >= 0.6 is 0 Å². The molecule has 2 heterocycles. The molecule has 0 amide bonds. The van der Waals surface area contributed by atoms with Crippen LogP contribution in [0.2, 0.25) is 0 Å². The van der Waals surface area contributed by atoms with Gasteiger partial charge in [-0.05, 0) is 48.2 Å². The molecule has 30 heavy (non-hydrogen) atoms. The van der Waals surface area contributed by atoms with Crippen molar-refractivity contribution in [2.75, 3.05) is 26.8 Å². The first-order valence-electron chi connectivity index (χ1n) is 9.95. The molecule has 0 unspecified atom stereocenters. The summed E-state index contributed by atoms with van der Waals surface area (Å²) in [4.78, 5) is 0. The molecule has 2 aliphatic rings. The van der Waals surface area contributed by atoms with Crippen LogP contribution < -0.4 is 18.9 Å². The molecule has 0 radical (unpaired) electrons. The van der Waals surface area contributed by atoms with Gasteiger partial charge in [0.1, 0.15) is 0 Å². The highest BCUT2D eigenvalue weighted by Crippen LogP contribution is 2.35. The van der Waals surface area contributed by atoms with Gasteiger partial charge in [0.15, 0.2) is 23.0 Å². The molecule has 0 atom stereocenters. The lowest BCUT2D eigenvalue weighted by Gasteiger charge is -2.13. The minimum absolute atomic E-state index is 0.0157. The normalized spacial score (nSPS) is 14.2. The van der Waals surface area contributed by atoms with Crippen LogP contribution in [0.15, 0.2) is 47.5 Å². The number of allylic oxidation sites excluding steroid dienone is 1. The molecule has 156 valence electrons. The number of hydrogen-bond acceptors (Lipinski definition) is 6. The average molecular weight is 408 g/mol. The Bertz CT molecular complexity index is 998. The highest BCUT2D eigenvalue weighted by Gasteiger charge is 2.17. The third kappa shape index (κ3) is 4.70. The van der Waals surface area contributed by atoms with Crippen LogP contribution in [-0.4, -0.2) is 37.0 Å². The van der Waals surface area contributed by atoms with Crippen molar-refractivity contribution in [3.8, 4) is 34.8 Å². The molecular weight excluding hydrogens is 384 g/mol. The van der Waals surface area contributed by atoms with Crippen molar-refractivity contribution in [3.05, 3.63) is 58.7 Å². The maximum atomic E-state index is 9.68. The number of benzene rings is 2. The predicted molar refractivity (Wildman–Crippen MR) is 111 cm³/mol. The van der Waals surface area contributed by atoms with Crippen LogP contribution in [0.1, 0.15) is 24.0 Å². The van der Waals surface area contributed by atoms with Gasteiger partial charge in [-0.25, -0.2) is 0 Å². The van der Waals surface area contributed by atoms with Gasteiger partial charge in [0.05, 0.1) is 6.61 Å². The first kappa shape index (κ1) is 20.1. The second-order valence-corrected chi connectivity index (χ2v) is 7.06. The van der Waals surface area contributed by atoms with Crippen LogP contribution in [0, 0.1) is 11.8 Å². The SMILES string of the molecule is OCCC#C/C(Cc1ccc2c(c1)OCO2)=C(/CCO)Cc1ccc2c(c1)OCO2. The molecule has 6 nitrogen and oxygen atoms in total. The molecule has 0 aromatic heterocycles. The van der Waals surface area contributed by atoms with E-state index in [0.29, 0.717) is 25.7 Å². The van der Waals surface area contributed by atoms with E-state index in [9.17, 15) is 5.11 Å². The first-order chi connectivity index (χ1) is 14.8. The monoisotopic (exact) mass is 408 g/mol. The molecule has 4 rings (SSSR count). The Labute approximate surface area is 175 Å². The molecule has 0 spiro atoms. The summed E-state index contributed by atoms with van der Waals surface area (Å²) < 4.78 is 21.8. The molecule has 0 saturated heterocycles. The lowest BCUT2D eigenvalue weighted by molar-refractivity contribution is 0.173. The van der Waals surface area contributed by atoms with Crippen molar-refractivity contribution < 1.29 is 29.2 Å². The predicted octanol–water partition coefficient (Wildman–Crippen LogP) is 2.99. The van der Waals surface area contributed by atoms with E-state index in [1.165, 1.54) is 0 Å². The van der Waals surface area contributed by atoms with E-state index in [4.69, 9.17) is 24.1 Å². The number of aliphatic hydroxyl groups excluding tert-OH is 2. The fraction of sp³-hybridized carbons (Fsp3) is 0.333. The smallest absolute Gasteiger partial charge is 0.231 e. The van der Waals surface area contributed by atoms with Crippen molar-refractivity contribution in [1.29, 1.82) is 0 Å². The first-order valence-corrected chi connectivity index (χ1v) is 9.95. The van der Waals surface area contributed by atoms with Crippen LogP contribution in [0.4, 0.5) is 0 Å². The molecule has 0 aliphatic carbocycles. The zero-order chi connectivity index (χ0) is 20.8. The zero-order valence-corrected chi connectivity index (χ0v) is 16.6. The van der Waals surface area contributed by atoms with Crippen LogP contribution in [0.3, 0.4) is 0 Å². The molecular formula is C24H24O6. The number of rotatable bonds is 7. The number of hydrogen-bond donors (Lipinski definition) is 2. The summed E-state index contributed by atoms with van der Waals surface area (Å²) >= 11 is 0. The van der Waals surface area contributed by atoms with Crippen molar-refractivity contribution in [2.45, 2.75) is 25.7 Å². The Morgan fingerprint density at radius 1 is 0.767 bits per heavy atom. The van der Waals surface area contributed by atoms with Crippen molar-refractivity contribution >= 4 is 0 Å². The van der Waals surface area contributed by atoms with Gasteiger partial charge < -0.3 is 29.2 Å². The van der Waals surface area contributed by atoms with Crippen LogP contribution in [0.5, 0.6) is 23.0 Å². The maximum Gasteiger partial charge on any atom is 0.231 e.